The van der Waals surface area contributed by atoms with Crippen molar-refractivity contribution in [2.75, 3.05) is 13.2 Å². The average molecular weight is 485 g/mol. The van der Waals surface area contributed by atoms with E-state index in [1.165, 1.54) is 19.1 Å². The van der Waals surface area contributed by atoms with E-state index in [4.69, 9.17) is 9.52 Å². The first-order valence-electron chi connectivity index (χ1n) is 9.21. The smallest absolute Gasteiger partial charge is 0.336 e. The molecule has 1 aromatic carbocycles. The number of halogens is 1. The lowest BCUT2D eigenvalue weighted by Gasteiger charge is -2.27. The van der Waals surface area contributed by atoms with Crippen LogP contribution in [-0.4, -0.2) is 46.0 Å². The van der Waals surface area contributed by atoms with Crippen LogP contribution in [0.1, 0.15) is 29.5 Å². The summed E-state index contributed by atoms with van der Waals surface area (Å²) in [5.74, 6) is -1.87. The van der Waals surface area contributed by atoms with Crippen molar-refractivity contribution < 1.29 is 29.0 Å². The molecular formula is C22H17BrN2O6. The number of imide groups is 1. The van der Waals surface area contributed by atoms with Gasteiger partial charge >= 0.3 is 5.97 Å². The van der Waals surface area contributed by atoms with Crippen molar-refractivity contribution in [3.05, 3.63) is 62.8 Å². The molecule has 0 bridgehead atoms. The zero-order valence-electron chi connectivity index (χ0n) is 16.4. The number of carboxylic acid groups (broad SMARTS) is 1. The second-order valence-electron chi connectivity index (χ2n) is 6.71. The van der Waals surface area contributed by atoms with Gasteiger partial charge in [0, 0.05) is 28.8 Å². The highest BCUT2D eigenvalue weighted by Crippen LogP contribution is 2.31. The molecule has 2 N–H and O–H groups in total. The molecule has 0 fully saturated rings. The molecule has 1 aliphatic rings. The largest absolute Gasteiger partial charge is 0.478 e. The number of furan rings is 1. The van der Waals surface area contributed by atoms with Gasteiger partial charge in [0.1, 0.15) is 23.2 Å². The van der Waals surface area contributed by atoms with Gasteiger partial charge in [0.05, 0.1) is 5.56 Å². The number of hydrogen-bond acceptors (Lipinski definition) is 6. The van der Waals surface area contributed by atoms with E-state index >= 15 is 0 Å². The van der Waals surface area contributed by atoms with Crippen molar-refractivity contribution in [2.24, 2.45) is 0 Å². The van der Waals surface area contributed by atoms with Crippen molar-refractivity contribution in [1.82, 2.24) is 4.90 Å². The minimum Gasteiger partial charge on any atom is -0.478 e. The Balaban J connectivity index is 2.04. The minimum absolute atomic E-state index is 0.0196. The van der Waals surface area contributed by atoms with E-state index in [1.807, 2.05) is 6.07 Å². The number of carboxylic acids is 1. The van der Waals surface area contributed by atoms with E-state index in [0.29, 0.717) is 10.0 Å². The molecule has 0 radical (unpaired) electrons. The zero-order chi connectivity index (χ0) is 22.7. The summed E-state index contributed by atoms with van der Waals surface area (Å²) in [6, 6.07) is 9.72. The Morgan fingerprint density at radius 3 is 2.65 bits per heavy atom. The summed E-state index contributed by atoms with van der Waals surface area (Å²) in [6.07, 6.45) is 1.60. The van der Waals surface area contributed by atoms with E-state index in [1.54, 1.807) is 24.3 Å². The van der Waals surface area contributed by atoms with Crippen LogP contribution in [0.3, 0.4) is 0 Å². The van der Waals surface area contributed by atoms with E-state index in [-0.39, 0.29) is 53.4 Å². The number of amides is 2. The third-order valence-corrected chi connectivity index (χ3v) is 5.25. The third-order valence-electron chi connectivity index (χ3n) is 4.76. The van der Waals surface area contributed by atoms with Gasteiger partial charge in [0.2, 0.25) is 0 Å². The van der Waals surface area contributed by atoms with Crippen molar-refractivity contribution in [3.63, 3.8) is 0 Å². The number of rotatable bonds is 6. The summed E-state index contributed by atoms with van der Waals surface area (Å²) in [7, 11) is 0. The highest BCUT2D eigenvalue weighted by molar-refractivity contribution is 9.10. The maximum absolute atomic E-state index is 12.9. The maximum atomic E-state index is 12.9. The second-order valence-corrected chi connectivity index (χ2v) is 7.62. The van der Waals surface area contributed by atoms with E-state index in [0.717, 1.165) is 4.90 Å². The van der Waals surface area contributed by atoms with Crippen LogP contribution in [0.2, 0.25) is 0 Å². The fourth-order valence-corrected chi connectivity index (χ4v) is 3.55. The monoisotopic (exact) mass is 484 g/mol. The molecule has 1 aliphatic heterocycles. The van der Waals surface area contributed by atoms with Gasteiger partial charge in [-0.1, -0.05) is 15.9 Å². The van der Waals surface area contributed by atoms with Gasteiger partial charge in [-0.2, -0.15) is 5.26 Å². The number of carbonyl (C=O) groups is 3. The van der Waals surface area contributed by atoms with Crippen LogP contribution in [0.15, 0.2) is 55.9 Å². The molecule has 0 spiro atoms. The highest BCUT2D eigenvalue weighted by Gasteiger charge is 2.35. The quantitative estimate of drug-likeness (QED) is 0.474. The van der Waals surface area contributed by atoms with Crippen molar-refractivity contribution >= 4 is 39.8 Å². The normalized spacial score (nSPS) is 15.5. The molecule has 0 unspecified atom stereocenters. The standard InChI is InChI=1S/C22H17BrN2O6/c1-12-16(20(27)25(7-2-8-26)21(28)18(12)11-24)10-14-4-6-19(31-14)15-5-3-13(23)9-17(15)22(29)30/h3-6,9-10,26H,2,7-8H2,1H3,(H,29,30)/b16-10+. The number of benzene rings is 1. The van der Waals surface area contributed by atoms with E-state index in [2.05, 4.69) is 15.9 Å². The molecule has 0 saturated carbocycles. The summed E-state index contributed by atoms with van der Waals surface area (Å²) in [6.45, 7) is 1.28. The molecule has 0 atom stereocenters. The van der Waals surface area contributed by atoms with Gasteiger partial charge < -0.3 is 14.6 Å². The molecule has 9 heteroatoms. The molecule has 158 valence electrons. The van der Waals surface area contributed by atoms with Crippen LogP contribution < -0.4 is 0 Å². The van der Waals surface area contributed by atoms with Gasteiger partial charge in [-0.3, -0.25) is 14.5 Å². The Morgan fingerprint density at radius 2 is 2.00 bits per heavy atom. The number of aliphatic hydroxyl groups excluding tert-OH is 1. The molecule has 2 heterocycles. The van der Waals surface area contributed by atoms with Crippen LogP contribution in [0.25, 0.3) is 17.4 Å². The lowest BCUT2D eigenvalue weighted by molar-refractivity contribution is -0.140. The lowest BCUT2D eigenvalue weighted by Crippen LogP contribution is -2.43. The van der Waals surface area contributed by atoms with Crippen LogP contribution in [-0.2, 0) is 9.59 Å². The Morgan fingerprint density at radius 1 is 1.26 bits per heavy atom. The van der Waals surface area contributed by atoms with Gasteiger partial charge in [-0.15, -0.1) is 0 Å². The summed E-state index contributed by atoms with van der Waals surface area (Å²) in [5, 5.41) is 27.9. The Labute approximate surface area is 185 Å². The number of aromatic carboxylic acids is 1. The van der Waals surface area contributed by atoms with Crippen LogP contribution >= 0.6 is 15.9 Å². The number of nitriles is 1. The summed E-state index contributed by atoms with van der Waals surface area (Å²) in [4.78, 5) is 37.8. The number of aliphatic hydroxyl groups is 1. The maximum Gasteiger partial charge on any atom is 0.336 e. The highest BCUT2D eigenvalue weighted by atomic mass is 79.9. The molecule has 31 heavy (non-hydrogen) atoms. The minimum atomic E-state index is -1.12. The second kappa shape index (κ2) is 9.12. The Hall–Kier alpha value is -3.48. The fraction of sp³-hybridized carbons (Fsp3) is 0.182. The van der Waals surface area contributed by atoms with Gasteiger partial charge in [-0.25, -0.2) is 4.79 Å². The first kappa shape index (κ1) is 22.2. The molecule has 3 rings (SSSR count). The predicted molar refractivity (Wildman–Crippen MR) is 114 cm³/mol. The number of hydrogen-bond donors (Lipinski definition) is 2. The van der Waals surface area contributed by atoms with Crippen LogP contribution in [0.5, 0.6) is 0 Å². The Kier molecular flexibility index (Phi) is 6.53. The van der Waals surface area contributed by atoms with Crippen LogP contribution in [0.4, 0.5) is 0 Å². The van der Waals surface area contributed by atoms with Gasteiger partial charge in [-0.05, 0) is 55.3 Å². The molecule has 8 nitrogen and oxygen atoms in total. The first-order valence-corrected chi connectivity index (χ1v) is 10.0. The molecule has 1 aromatic heterocycles. The average Bonchev–Trinajstić information content (AvgIpc) is 3.20. The predicted octanol–water partition coefficient (Wildman–Crippen LogP) is 3.38. The van der Waals surface area contributed by atoms with Crippen molar-refractivity contribution in [3.8, 4) is 17.4 Å². The molecule has 0 saturated heterocycles. The number of nitrogens with zero attached hydrogens (tertiary/aromatic N) is 2. The zero-order valence-corrected chi connectivity index (χ0v) is 18.0. The van der Waals surface area contributed by atoms with Gasteiger partial charge in [0.15, 0.2) is 0 Å². The number of carbonyl (C=O) groups excluding carboxylic acids is 2. The SMILES string of the molecule is CC1=C(C#N)C(=O)N(CCCO)C(=O)/C1=C/c1ccc(-c2ccc(Br)cc2C(=O)O)o1. The fourth-order valence-electron chi connectivity index (χ4n) is 3.19. The summed E-state index contributed by atoms with van der Waals surface area (Å²) < 4.78 is 6.36. The van der Waals surface area contributed by atoms with Crippen molar-refractivity contribution in [1.29, 1.82) is 5.26 Å². The molecule has 0 aliphatic carbocycles. The summed E-state index contributed by atoms with van der Waals surface area (Å²) >= 11 is 3.24. The third kappa shape index (κ3) is 4.35. The van der Waals surface area contributed by atoms with Gasteiger partial charge in [0.25, 0.3) is 11.8 Å². The molecule has 2 amide bonds. The first-order chi connectivity index (χ1) is 14.8. The van der Waals surface area contributed by atoms with Crippen LogP contribution in [0, 0.1) is 11.3 Å². The Bertz CT molecular complexity index is 1180. The topological polar surface area (TPSA) is 132 Å². The lowest BCUT2D eigenvalue weighted by atomic mass is 9.94. The molecular weight excluding hydrogens is 468 g/mol. The van der Waals surface area contributed by atoms with E-state index in [9.17, 15) is 24.8 Å². The molecule has 2 aromatic rings. The van der Waals surface area contributed by atoms with E-state index < -0.39 is 17.8 Å². The summed E-state index contributed by atoms with van der Waals surface area (Å²) in [5.41, 5.74) is 0.590. The van der Waals surface area contributed by atoms with Crippen molar-refractivity contribution in [2.45, 2.75) is 13.3 Å².